The van der Waals surface area contributed by atoms with Crippen LogP contribution < -0.4 is 19.9 Å². The van der Waals surface area contributed by atoms with Crippen molar-refractivity contribution >= 4 is 0 Å². The lowest BCUT2D eigenvalue weighted by molar-refractivity contribution is 0.354. The fourth-order valence-corrected chi connectivity index (χ4v) is 2.58. The molecular formula is C18H23NO4. The van der Waals surface area contributed by atoms with E-state index in [2.05, 4.69) is 0 Å². The molecule has 2 rings (SSSR count). The zero-order chi connectivity index (χ0) is 16.8. The highest BCUT2D eigenvalue weighted by Gasteiger charge is 2.15. The number of ether oxygens (including phenoxy) is 3. The van der Waals surface area contributed by atoms with E-state index < -0.39 is 0 Å². The lowest BCUT2D eigenvalue weighted by Gasteiger charge is -2.18. The monoisotopic (exact) mass is 317 g/mol. The van der Waals surface area contributed by atoms with Crippen LogP contribution in [0.4, 0.5) is 0 Å². The van der Waals surface area contributed by atoms with Gasteiger partial charge in [-0.2, -0.15) is 0 Å². The van der Waals surface area contributed by atoms with Crippen molar-refractivity contribution in [2.75, 3.05) is 27.9 Å². The molecule has 0 saturated heterocycles. The average molecular weight is 317 g/mol. The van der Waals surface area contributed by atoms with Gasteiger partial charge in [-0.05, 0) is 48.4 Å². The molecule has 0 aliphatic heterocycles. The third-order valence-corrected chi connectivity index (χ3v) is 3.89. The standard InChI is InChI=1S/C18H23NO4/c1-21-16-7-5-13(10-18(16)23-3)14(11-19)8-12-4-6-15(20)17(9-12)22-2/h4-7,9-10,14,20H,8,11,19H2,1-3H3. The second-order valence-corrected chi connectivity index (χ2v) is 5.26. The van der Waals surface area contributed by atoms with E-state index in [9.17, 15) is 5.11 Å². The molecule has 5 nitrogen and oxygen atoms in total. The molecule has 124 valence electrons. The summed E-state index contributed by atoms with van der Waals surface area (Å²) in [5.41, 5.74) is 8.09. The van der Waals surface area contributed by atoms with Crippen molar-refractivity contribution in [3.63, 3.8) is 0 Å². The third kappa shape index (κ3) is 3.87. The van der Waals surface area contributed by atoms with Gasteiger partial charge in [0.25, 0.3) is 0 Å². The number of rotatable bonds is 7. The lowest BCUT2D eigenvalue weighted by Crippen LogP contribution is -2.15. The van der Waals surface area contributed by atoms with Crippen LogP contribution in [0.2, 0.25) is 0 Å². The van der Waals surface area contributed by atoms with Crippen molar-refractivity contribution in [1.82, 2.24) is 0 Å². The summed E-state index contributed by atoms with van der Waals surface area (Å²) in [6.07, 6.45) is 0.739. The van der Waals surface area contributed by atoms with Crippen molar-refractivity contribution in [1.29, 1.82) is 0 Å². The third-order valence-electron chi connectivity index (χ3n) is 3.89. The predicted molar refractivity (Wildman–Crippen MR) is 89.7 cm³/mol. The smallest absolute Gasteiger partial charge is 0.160 e. The van der Waals surface area contributed by atoms with Gasteiger partial charge in [0.1, 0.15) is 0 Å². The summed E-state index contributed by atoms with van der Waals surface area (Å²) in [7, 11) is 4.76. The maximum atomic E-state index is 9.69. The summed E-state index contributed by atoms with van der Waals surface area (Å²) >= 11 is 0. The van der Waals surface area contributed by atoms with Crippen molar-refractivity contribution in [3.8, 4) is 23.0 Å². The molecule has 0 spiro atoms. The van der Waals surface area contributed by atoms with Crippen LogP contribution >= 0.6 is 0 Å². The van der Waals surface area contributed by atoms with Gasteiger partial charge in [0.05, 0.1) is 21.3 Å². The fraction of sp³-hybridized carbons (Fsp3) is 0.333. The van der Waals surface area contributed by atoms with Crippen molar-refractivity contribution < 1.29 is 19.3 Å². The highest BCUT2D eigenvalue weighted by Crippen LogP contribution is 2.33. The number of benzene rings is 2. The summed E-state index contributed by atoms with van der Waals surface area (Å²) in [4.78, 5) is 0. The van der Waals surface area contributed by atoms with Crippen LogP contribution in [-0.2, 0) is 6.42 Å². The quantitative estimate of drug-likeness (QED) is 0.821. The summed E-state index contributed by atoms with van der Waals surface area (Å²) in [6, 6.07) is 11.2. The molecule has 0 saturated carbocycles. The SMILES string of the molecule is COc1cc(CC(CN)c2ccc(OC)c(OC)c2)ccc1O. The van der Waals surface area contributed by atoms with E-state index in [1.165, 1.54) is 7.11 Å². The van der Waals surface area contributed by atoms with Gasteiger partial charge >= 0.3 is 0 Å². The largest absolute Gasteiger partial charge is 0.504 e. The molecule has 23 heavy (non-hydrogen) atoms. The van der Waals surface area contributed by atoms with E-state index >= 15 is 0 Å². The van der Waals surface area contributed by atoms with Crippen LogP contribution in [0.5, 0.6) is 23.0 Å². The number of aromatic hydroxyl groups is 1. The molecule has 0 bridgehead atoms. The minimum atomic E-state index is 0.129. The Kier molecular flexibility index (Phi) is 5.71. The Morgan fingerprint density at radius 2 is 1.61 bits per heavy atom. The first kappa shape index (κ1) is 17.0. The van der Waals surface area contributed by atoms with E-state index in [1.807, 2.05) is 30.3 Å². The van der Waals surface area contributed by atoms with E-state index in [0.717, 1.165) is 17.5 Å². The van der Waals surface area contributed by atoms with Gasteiger partial charge in [0.2, 0.25) is 0 Å². The Labute approximate surface area is 136 Å². The molecule has 3 N–H and O–H groups in total. The first-order valence-corrected chi connectivity index (χ1v) is 7.40. The van der Waals surface area contributed by atoms with Gasteiger partial charge in [-0.15, -0.1) is 0 Å². The number of nitrogens with two attached hydrogens (primary N) is 1. The maximum Gasteiger partial charge on any atom is 0.160 e. The molecule has 2 aromatic carbocycles. The molecule has 1 atom stereocenters. The van der Waals surface area contributed by atoms with Gasteiger partial charge in [-0.25, -0.2) is 0 Å². The van der Waals surface area contributed by atoms with Gasteiger partial charge in [0, 0.05) is 5.92 Å². The molecule has 0 aliphatic rings. The van der Waals surface area contributed by atoms with E-state index in [4.69, 9.17) is 19.9 Å². The zero-order valence-corrected chi connectivity index (χ0v) is 13.7. The molecule has 1 unspecified atom stereocenters. The number of methoxy groups -OCH3 is 3. The summed E-state index contributed by atoms with van der Waals surface area (Å²) in [5.74, 6) is 2.10. The molecule has 2 aromatic rings. The average Bonchev–Trinajstić information content (AvgIpc) is 2.60. The summed E-state index contributed by atoms with van der Waals surface area (Å²) in [6.45, 7) is 0.499. The second-order valence-electron chi connectivity index (χ2n) is 5.26. The zero-order valence-electron chi connectivity index (χ0n) is 13.7. The molecule has 5 heteroatoms. The fourth-order valence-electron chi connectivity index (χ4n) is 2.58. The first-order valence-electron chi connectivity index (χ1n) is 7.40. The Balaban J connectivity index is 2.26. The molecule has 0 aliphatic carbocycles. The second kappa shape index (κ2) is 7.74. The highest BCUT2D eigenvalue weighted by atomic mass is 16.5. The Morgan fingerprint density at radius 3 is 2.22 bits per heavy atom. The van der Waals surface area contributed by atoms with Crippen LogP contribution in [0.25, 0.3) is 0 Å². The summed E-state index contributed by atoms with van der Waals surface area (Å²) in [5, 5.41) is 9.69. The molecule has 0 aromatic heterocycles. The van der Waals surface area contributed by atoms with E-state index in [0.29, 0.717) is 23.8 Å². The molecular weight excluding hydrogens is 294 g/mol. The highest BCUT2D eigenvalue weighted by molar-refractivity contribution is 5.45. The van der Waals surface area contributed by atoms with Crippen LogP contribution in [-0.4, -0.2) is 33.0 Å². The molecule has 0 radical (unpaired) electrons. The number of phenols is 1. The molecule has 0 heterocycles. The number of phenolic OH excluding ortho intramolecular Hbond substituents is 1. The van der Waals surface area contributed by atoms with Crippen LogP contribution in [0.3, 0.4) is 0 Å². The van der Waals surface area contributed by atoms with Crippen LogP contribution in [0, 0.1) is 0 Å². The van der Waals surface area contributed by atoms with E-state index in [1.54, 1.807) is 20.3 Å². The first-order chi connectivity index (χ1) is 11.1. The maximum absolute atomic E-state index is 9.69. The Bertz CT molecular complexity index is 657. The number of hydrogen-bond donors (Lipinski definition) is 2. The lowest BCUT2D eigenvalue weighted by atomic mass is 9.91. The van der Waals surface area contributed by atoms with Crippen molar-refractivity contribution in [3.05, 3.63) is 47.5 Å². The molecule has 0 fully saturated rings. The minimum Gasteiger partial charge on any atom is -0.504 e. The van der Waals surface area contributed by atoms with Gasteiger partial charge in [-0.1, -0.05) is 12.1 Å². The van der Waals surface area contributed by atoms with Crippen LogP contribution in [0.15, 0.2) is 36.4 Å². The van der Waals surface area contributed by atoms with Gasteiger partial charge in [-0.3, -0.25) is 0 Å². The Hall–Kier alpha value is -2.40. The predicted octanol–water partition coefficient (Wildman–Crippen LogP) is 2.70. The van der Waals surface area contributed by atoms with Crippen molar-refractivity contribution in [2.45, 2.75) is 12.3 Å². The number of hydrogen-bond acceptors (Lipinski definition) is 5. The topological polar surface area (TPSA) is 73.9 Å². The molecule has 0 amide bonds. The van der Waals surface area contributed by atoms with Gasteiger partial charge < -0.3 is 25.1 Å². The van der Waals surface area contributed by atoms with E-state index in [-0.39, 0.29) is 11.7 Å². The van der Waals surface area contributed by atoms with Crippen molar-refractivity contribution in [2.24, 2.45) is 5.73 Å². The van der Waals surface area contributed by atoms with Gasteiger partial charge in [0.15, 0.2) is 23.0 Å². The Morgan fingerprint density at radius 1 is 0.913 bits per heavy atom. The van der Waals surface area contributed by atoms with Crippen LogP contribution in [0.1, 0.15) is 17.0 Å². The normalized spacial score (nSPS) is 11.8. The summed E-state index contributed by atoms with van der Waals surface area (Å²) < 4.78 is 15.8. The minimum absolute atomic E-state index is 0.129.